The second-order valence-corrected chi connectivity index (χ2v) is 3.08. The third-order valence-corrected chi connectivity index (χ3v) is 2.90. The number of hydrogen-bond acceptors (Lipinski definition) is 3. The molecule has 50 valence electrons. The van der Waals surface area contributed by atoms with Gasteiger partial charge in [0, 0.05) is 0 Å². The highest BCUT2D eigenvalue weighted by Crippen LogP contribution is 2.24. The Morgan fingerprint density at radius 2 is 1.62 bits per heavy atom. The van der Waals surface area contributed by atoms with Gasteiger partial charge in [-0.1, -0.05) is 45.2 Å². The van der Waals surface area contributed by atoms with E-state index < -0.39 is 8.25 Å². The van der Waals surface area contributed by atoms with Gasteiger partial charge in [-0.2, -0.15) is 0 Å². The van der Waals surface area contributed by atoms with Crippen molar-refractivity contribution in [3.8, 4) is 0 Å². The second kappa shape index (κ2) is 6.73. The van der Waals surface area contributed by atoms with Gasteiger partial charge in [0.25, 0.3) is 0 Å². The summed E-state index contributed by atoms with van der Waals surface area (Å²) in [5.74, 6) is 0. The van der Waals surface area contributed by atoms with E-state index >= 15 is 0 Å². The van der Waals surface area contributed by atoms with Gasteiger partial charge in [-0.3, -0.25) is 13.6 Å². The molecule has 0 unspecified atom stereocenters. The van der Waals surface area contributed by atoms with E-state index in [9.17, 15) is 4.57 Å². The molecule has 6 heteroatoms. The number of halogens is 2. The summed E-state index contributed by atoms with van der Waals surface area (Å²) in [6, 6.07) is 0. The summed E-state index contributed by atoms with van der Waals surface area (Å²) in [5, 5.41) is 0. The van der Waals surface area contributed by atoms with E-state index in [-0.39, 0.29) is 0 Å². The summed E-state index contributed by atoms with van der Waals surface area (Å²) in [6.07, 6.45) is 0. The highest BCUT2D eigenvalue weighted by atomic mass is 127. The van der Waals surface area contributed by atoms with Gasteiger partial charge < -0.3 is 0 Å². The molecule has 0 heterocycles. The summed E-state index contributed by atoms with van der Waals surface area (Å²) in [7, 11) is -2.16. The van der Waals surface area contributed by atoms with E-state index in [2.05, 4.69) is 9.05 Å². The van der Waals surface area contributed by atoms with Crippen LogP contribution in [0.2, 0.25) is 0 Å². The van der Waals surface area contributed by atoms with Crippen molar-refractivity contribution in [2.24, 2.45) is 0 Å². The molecule has 0 radical (unpaired) electrons. The number of rotatable bonds is 4. The average Bonchev–Trinajstić information content (AvgIpc) is 1.68. The van der Waals surface area contributed by atoms with Crippen LogP contribution >= 0.6 is 53.4 Å². The fourth-order valence-electron chi connectivity index (χ4n) is 0.131. The lowest BCUT2D eigenvalue weighted by molar-refractivity contribution is 0.294. The van der Waals surface area contributed by atoms with Crippen LogP contribution in [0.25, 0.3) is 0 Å². The Labute approximate surface area is 75.7 Å². The zero-order valence-corrected chi connectivity index (χ0v) is 9.21. The lowest BCUT2D eigenvalue weighted by atomic mass is 11.8. The molecule has 0 aliphatic heterocycles. The molecule has 0 bridgehead atoms. The Morgan fingerprint density at radius 1 is 1.25 bits per heavy atom. The van der Waals surface area contributed by atoms with Gasteiger partial charge in [-0.05, 0) is 0 Å². The first-order valence-corrected chi connectivity index (χ1v) is 6.00. The quantitative estimate of drug-likeness (QED) is 0.437. The van der Waals surface area contributed by atoms with Crippen LogP contribution in [0.5, 0.6) is 0 Å². The van der Waals surface area contributed by atoms with Gasteiger partial charge in [0.2, 0.25) is 0 Å². The molecule has 0 aromatic rings. The predicted molar refractivity (Wildman–Crippen MR) is 48.9 cm³/mol. The van der Waals surface area contributed by atoms with Crippen molar-refractivity contribution in [2.45, 2.75) is 0 Å². The van der Waals surface area contributed by atoms with E-state index in [1.54, 1.807) is 0 Å². The van der Waals surface area contributed by atoms with Crippen LogP contribution in [-0.4, -0.2) is 9.23 Å². The summed E-state index contributed by atoms with van der Waals surface area (Å²) >= 11 is 3.93. The van der Waals surface area contributed by atoms with Gasteiger partial charge in [0.1, 0.15) is 9.23 Å². The largest absolute Gasteiger partial charge is 0.320 e. The van der Waals surface area contributed by atoms with Crippen LogP contribution in [0, 0.1) is 0 Å². The summed E-state index contributed by atoms with van der Waals surface area (Å²) in [6.45, 7) is 0. The fraction of sp³-hybridized carbons (Fsp3) is 1.00. The van der Waals surface area contributed by atoms with Gasteiger partial charge in [-0.25, -0.2) is 0 Å². The molecule has 0 saturated carbocycles. The number of hydrogen-bond donors (Lipinski definition) is 0. The Kier molecular flexibility index (Phi) is 8.08. The third-order valence-electron chi connectivity index (χ3n) is 0.345. The van der Waals surface area contributed by atoms with Gasteiger partial charge in [-0.15, -0.1) is 0 Å². The standard InChI is InChI=1S/C2H5I2O3P/c3-1-6-8(5)7-2-4/h8H,1-2H2. The van der Waals surface area contributed by atoms with Crippen molar-refractivity contribution in [3.63, 3.8) is 0 Å². The molecule has 0 fully saturated rings. The maximum absolute atomic E-state index is 10.4. The molecule has 8 heavy (non-hydrogen) atoms. The molecule has 0 aromatic carbocycles. The molecule has 0 N–H and O–H groups in total. The number of alkyl halides is 2. The zero-order valence-electron chi connectivity index (χ0n) is 3.89. The molecule has 0 amide bonds. The molecule has 0 spiro atoms. The SMILES string of the molecule is O=[PH](OCI)OCI. The van der Waals surface area contributed by atoms with E-state index in [0.29, 0.717) is 9.23 Å². The zero-order chi connectivity index (χ0) is 6.41. The van der Waals surface area contributed by atoms with E-state index in [1.807, 2.05) is 45.2 Å². The van der Waals surface area contributed by atoms with E-state index in [0.717, 1.165) is 0 Å². The molecule has 3 nitrogen and oxygen atoms in total. The molecular weight excluding hydrogens is 357 g/mol. The van der Waals surface area contributed by atoms with Crippen molar-refractivity contribution in [1.82, 2.24) is 0 Å². The van der Waals surface area contributed by atoms with Gasteiger partial charge >= 0.3 is 8.25 Å². The maximum atomic E-state index is 10.4. The molecule has 0 aliphatic rings. The molecular formula is C2H5I2O3P. The minimum atomic E-state index is -2.16. The molecule has 0 saturated heterocycles. The van der Waals surface area contributed by atoms with Gasteiger partial charge in [0.15, 0.2) is 0 Å². The normalized spacial score (nSPS) is 10.4. The predicted octanol–water partition coefficient (Wildman–Crippen LogP) is 2.19. The summed E-state index contributed by atoms with van der Waals surface area (Å²) in [5.41, 5.74) is 0. The van der Waals surface area contributed by atoms with E-state index in [4.69, 9.17) is 0 Å². The van der Waals surface area contributed by atoms with Crippen molar-refractivity contribution in [2.75, 3.05) is 9.23 Å². The van der Waals surface area contributed by atoms with Crippen molar-refractivity contribution >= 4 is 53.4 Å². The summed E-state index contributed by atoms with van der Waals surface area (Å²) in [4.78, 5) is 0. The van der Waals surface area contributed by atoms with Gasteiger partial charge in [0.05, 0.1) is 0 Å². The summed E-state index contributed by atoms with van der Waals surface area (Å²) < 4.78 is 20.4. The maximum Gasteiger partial charge on any atom is 0.320 e. The van der Waals surface area contributed by atoms with Crippen LogP contribution < -0.4 is 0 Å². The Bertz CT molecular complexity index is 69.7. The van der Waals surface area contributed by atoms with E-state index in [1.165, 1.54) is 0 Å². The molecule has 0 atom stereocenters. The topological polar surface area (TPSA) is 35.5 Å². The Morgan fingerprint density at radius 3 is 1.88 bits per heavy atom. The fourth-order valence-corrected chi connectivity index (χ4v) is 1.92. The molecule has 0 aromatic heterocycles. The minimum Gasteiger partial charge on any atom is -0.300 e. The van der Waals surface area contributed by atoms with Crippen molar-refractivity contribution in [1.29, 1.82) is 0 Å². The minimum absolute atomic E-state index is 0.423. The highest BCUT2D eigenvalue weighted by molar-refractivity contribution is 14.1. The third kappa shape index (κ3) is 5.74. The lowest BCUT2D eigenvalue weighted by Gasteiger charge is -1.96. The smallest absolute Gasteiger partial charge is 0.300 e. The Hall–Kier alpha value is 1.61. The Balaban J connectivity index is 3.06. The molecule has 0 aliphatic carbocycles. The van der Waals surface area contributed by atoms with Crippen LogP contribution in [0.1, 0.15) is 0 Å². The van der Waals surface area contributed by atoms with Crippen molar-refractivity contribution < 1.29 is 13.6 Å². The molecule has 0 rings (SSSR count). The highest BCUT2D eigenvalue weighted by Gasteiger charge is 1.93. The average molecular weight is 362 g/mol. The van der Waals surface area contributed by atoms with Crippen LogP contribution in [0.4, 0.5) is 0 Å². The van der Waals surface area contributed by atoms with Crippen LogP contribution in [-0.2, 0) is 13.6 Å². The first-order valence-electron chi connectivity index (χ1n) is 1.72. The monoisotopic (exact) mass is 362 g/mol. The first kappa shape index (κ1) is 9.61. The van der Waals surface area contributed by atoms with Crippen LogP contribution in [0.15, 0.2) is 0 Å². The van der Waals surface area contributed by atoms with Crippen molar-refractivity contribution in [3.05, 3.63) is 0 Å². The first-order chi connectivity index (χ1) is 3.81. The van der Waals surface area contributed by atoms with Crippen LogP contribution in [0.3, 0.4) is 0 Å². The second-order valence-electron chi connectivity index (χ2n) is 0.757. The lowest BCUT2D eigenvalue weighted by Crippen LogP contribution is -1.77.